The quantitative estimate of drug-likeness (QED) is 0.388. The molecule has 172 valence electrons. The van der Waals surface area contributed by atoms with Gasteiger partial charge in [0.15, 0.2) is 0 Å². The number of hydrogen-bond acceptors (Lipinski definition) is 4. The lowest BCUT2D eigenvalue weighted by atomic mass is 9.86. The normalized spacial score (nSPS) is 25.2. The van der Waals surface area contributed by atoms with Crippen LogP contribution < -0.4 is 15.4 Å². The van der Waals surface area contributed by atoms with Crippen LogP contribution in [-0.4, -0.2) is 31.3 Å². The standard InChI is InChI=1S/C26H34FN3O2/c1-3-20(27)15-29-14-19-13-23(19)25(31)30(16-24(28)26(2)11-12-26)21-7-9-22(10-8-21)32-17-18-5-4-6-18/h3,7-10,14-15,18-19,23-24H,1,4-6,11-13,16-17,28H2,2H3/b20-15+,29-14+/t19-,23+,24?/m0/s1. The zero-order chi connectivity index (χ0) is 22.7. The molecule has 32 heavy (non-hydrogen) atoms. The Morgan fingerprint density at radius 3 is 2.69 bits per heavy atom. The van der Waals surface area contributed by atoms with Crippen molar-refractivity contribution in [2.24, 2.45) is 33.9 Å². The van der Waals surface area contributed by atoms with Crippen molar-refractivity contribution in [3.8, 4) is 5.75 Å². The number of anilines is 1. The van der Waals surface area contributed by atoms with E-state index in [4.69, 9.17) is 10.5 Å². The van der Waals surface area contributed by atoms with E-state index in [2.05, 4.69) is 18.5 Å². The van der Waals surface area contributed by atoms with Crippen molar-refractivity contribution in [2.75, 3.05) is 18.1 Å². The van der Waals surface area contributed by atoms with Gasteiger partial charge in [-0.15, -0.1) is 0 Å². The Hall–Kier alpha value is -2.47. The first-order valence-corrected chi connectivity index (χ1v) is 11.7. The summed E-state index contributed by atoms with van der Waals surface area (Å²) in [6, 6.07) is 7.70. The minimum atomic E-state index is -0.491. The van der Waals surface area contributed by atoms with Gasteiger partial charge in [0, 0.05) is 36.3 Å². The van der Waals surface area contributed by atoms with Gasteiger partial charge in [-0.25, -0.2) is 4.39 Å². The number of carbonyl (C=O) groups excluding carboxylic acids is 1. The highest BCUT2D eigenvalue weighted by molar-refractivity contribution is 5.99. The largest absolute Gasteiger partial charge is 0.493 e. The van der Waals surface area contributed by atoms with Crippen LogP contribution in [0, 0.1) is 23.2 Å². The zero-order valence-electron chi connectivity index (χ0n) is 18.9. The molecule has 1 aromatic carbocycles. The van der Waals surface area contributed by atoms with Crippen LogP contribution in [0.15, 0.2) is 53.9 Å². The van der Waals surface area contributed by atoms with Gasteiger partial charge < -0.3 is 15.4 Å². The molecule has 6 heteroatoms. The molecule has 3 aliphatic carbocycles. The summed E-state index contributed by atoms with van der Waals surface area (Å²) in [7, 11) is 0. The highest BCUT2D eigenvalue weighted by Gasteiger charge is 2.47. The van der Waals surface area contributed by atoms with Crippen LogP contribution >= 0.6 is 0 Å². The van der Waals surface area contributed by atoms with Crippen LogP contribution in [0.25, 0.3) is 0 Å². The maximum absolute atomic E-state index is 13.4. The van der Waals surface area contributed by atoms with Gasteiger partial charge in [-0.2, -0.15) is 0 Å². The summed E-state index contributed by atoms with van der Waals surface area (Å²) in [5.41, 5.74) is 7.45. The minimum Gasteiger partial charge on any atom is -0.493 e. The van der Waals surface area contributed by atoms with Crippen LogP contribution in [0.1, 0.15) is 45.4 Å². The first-order chi connectivity index (χ1) is 15.4. The number of hydrogen-bond donors (Lipinski definition) is 1. The first-order valence-electron chi connectivity index (χ1n) is 11.7. The van der Waals surface area contributed by atoms with Crippen molar-refractivity contribution >= 4 is 17.8 Å². The second-order valence-electron chi connectivity index (χ2n) is 9.83. The van der Waals surface area contributed by atoms with E-state index in [0.29, 0.717) is 12.5 Å². The average molecular weight is 440 g/mol. The van der Waals surface area contributed by atoms with Gasteiger partial charge in [0.05, 0.1) is 12.8 Å². The number of benzene rings is 1. The second-order valence-corrected chi connectivity index (χ2v) is 9.83. The molecule has 1 unspecified atom stereocenters. The fourth-order valence-corrected chi connectivity index (χ4v) is 4.04. The smallest absolute Gasteiger partial charge is 0.230 e. The third-order valence-corrected chi connectivity index (χ3v) is 7.27. The molecule has 3 atom stereocenters. The topological polar surface area (TPSA) is 67.9 Å². The molecule has 4 rings (SSSR count). The Morgan fingerprint density at radius 2 is 2.09 bits per heavy atom. The Balaban J connectivity index is 1.42. The number of ether oxygens (including phenoxy) is 1. The highest BCUT2D eigenvalue weighted by Crippen LogP contribution is 2.48. The number of rotatable bonds is 11. The van der Waals surface area contributed by atoms with E-state index < -0.39 is 5.83 Å². The molecule has 0 aromatic heterocycles. The van der Waals surface area contributed by atoms with E-state index in [-0.39, 0.29) is 29.2 Å². The van der Waals surface area contributed by atoms with Crippen LogP contribution in [0.3, 0.4) is 0 Å². The third-order valence-electron chi connectivity index (χ3n) is 7.27. The van der Waals surface area contributed by atoms with Crippen LogP contribution in [0.2, 0.25) is 0 Å². The van der Waals surface area contributed by atoms with E-state index in [1.54, 1.807) is 6.21 Å². The van der Waals surface area contributed by atoms with E-state index >= 15 is 0 Å². The van der Waals surface area contributed by atoms with Gasteiger partial charge >= 0.3 is 0 Å². The molecule has 0 spiro atoms. The fraction of sp³-hybridized carbons (Fsp3) is 0.538. The maximum atomic E-state index is 13.4. The SMILES string of the molecule is C=C/C(F)=C\N=C\[C@@H]1C[C@H]1C(=O)N(CC(N)C1(C)CC1)c1ccc(OCC2CCC2)cc1. The minimum absolute atomic E-state index is 0.0247. The summed E-state index contributed by atoms with van der Waals surface area (Å²) < 4.78 is 19.1. The van der Waals surface area contributed by atoms with Crippen LogP contribution in [0.5, 0.6) is 5.75 Å². The Bertz CT molecular complexity index is 887. The van der Waals surface area contributed by atoms with Gasteiger partial charge in [0.1, 0.15) is 11.6 Å². The molecular weight excluding hydrogens is 405 g/mol. The van der Waals surface area contributed by atoms with Gasteiger partial charge in [-0.3, -0.25) is 9.79 Å². The lowest BCUT2D eigenvalue weighted by Crippen LogP contribution is -2.46. The Morgan fingerprint density at radius 1 is 1.38 bits per heavy atom. The Kier molecular flexibility index (Phi) is 6.79. The molecule has 0 bridgehead atoms. The molecule has 0 radical (unpaired) electrons. The maximum Gasteiger partial charge on any atom is 0.230 e. The lowest BCUT2D eigenvalue weighted by Gasteiger charge is -2.29. The monoisotopic (exact) mass is 439 g/mol. The lowest BCUT2D eigenvalue weighted by molar-refractivity contribution is -0.120. The first kappa shape index (κ1) is 22.7. The second kappa shape index (κ2) is 9.57. The predicted octanol–water partition coefficient (Wildman–Crippen LogP) is 5.03. The van der Waals surface area contributed by atoms with Gasteiger partial charge in [0.25, 0.3) is 0 Å². The molecule has 2 N–H and O–H groups in total. The van der Waals surface area contributed by atoms with Gasteiger partial charge in [0.2, 0.25) is 5.91 Å². The molecule has 3 aliphatic rings. The summed E-state index contributed by atoms with van der Waals surface area (Å²) in [6.45, 7) is 6.79. The van der Waals surface area contributed by atoms with E-state index in [0.717, 1.165) is 49.6 Å². The molecule has 5 nitrogen and oxygen atoms in total. The number of halogens is 1. The van der Waals surface area contributed by atoms with E-state index in [1.165, 1.54) is 19.3 Å². The molecular formula is C26H34FN3O2. The predicted molar refractivity (Wildman–Crippen MR) is 126 cm³/mol. The van der Waals surface area contributed by atoms with E-state index in [1.807, 2.05) is 29.2 Å². The number of nitrogens with zero attached hydrogens (tertiary/aromatic N) is 2. The van der Waals surface area contributed by atoms with Crippen molar-refractivity contribution in [3.63, 3.8) is 0 Å². The number of nitrogens with two attached hydrogens (primary N) is 1. The summed E-state index contributed by atoms with van der Waals surface area (Å²) in [5, 5.41) is 0. The molecule has 0 saturated heterocycles. The number of carbonyl (C=O) groups is 1. The summed E-state index contributed by atoms with van der Waals surface area (Å²) in [4.78, 5) is 19.2. The average Bonchev–Trinajstić information content (AvgIpc) is 3.68. The van der Waals surface area contributed by atoms with Crippen LogP contribution in [0.4, 0.5) is 10.1 Å². The third kappa shape index (κ3) is 5.47. The van der Waals surface area contributed by atoms with Gasteiger partial charge in [-0.1, -0.05) is 19.9 Å². The summed E-state index contributed by atoms with van der Waals surface area (Å²) in [6.07, 6.45) is 10.6. The van der Waals surface area contributed by atoms with E-state index in [9.17, 15) is 9.18 Å². The number of aliphatic imine (C=N–C) groups is 1. The molecule has 0 heterocycles. The van der Waals surface area contributed by atoms with Gasteiger partial charge in [-0.05, 0) is 73.8 Å². The highest BCUT2D eigenvalue weighted by atomic mass is 19.1. The molecule has 1 amide bonds. The number of allylic oxidation sites excluding steroid dienone is 2. The fourth-order valence-electron chi connectivity index (χ4n) is 4.04. The molecule has 3 fully saturated rings. The zero-order valence-corrected chi connectivity index (χ0v) is 18.9. The molecule has 3 saturated carbocycles. The van der Waals surface area contributed by atoms with Crippen LogP contribution in [-0.2, 0) is 4.79 Å². The summed E-state index contributed by atoms with van der Waals surface area (Å²) >= 11 is 0. The number of amides is 1. The molecule has 1 aromatic rings. The molecule has 0 aliphatic heterocycles. The van der Waals surface area contributed by atoms with Crippen molar-refractivity contribution in [1.29, 1.82) is 0 Å². The van der Waals surface area contributed by atoms with Crippen molar-refractivity contribution in [2.45, 2.75) is 51.5 Å². The van der Waals surface area contributed by atoms with Crippen molar-refractivity contribution in [1.82, 2.24) is 0 Å². The van der Waals surface area contributed by atoms with Crippen molar-refractivity contribution in [3.05, 3.63) is 48.9 Å². The summed E-state index contributed by atoms with van der Waals surface area (Å²) in [5.74, 6) is 0.948. The Labute approximate surface area is 190 Å². The van der Waals surface area contributed by atoms with Crippen molar-refractivity contribution < 1.29 is 13.9 Å².